The van der Waals surface area contributed by atoms with Gasteiger partial charge < -0.3 is 14.0 Å². The van der Waals surface area contributed by atoms with Gasteiger partial charge in [0.15, 0.2) is 0 Å². The number of rotatable bonds is 7. The van der Waals surface area contributed by atoms with Crippen molar-refractivity contribution in [2.75, 3.05) is 4.90 Å². The molecule has 73 heavy (non-hydrogen) atoms. The number of fused-ring (bicyclic) bond motifs is 6. The number of nitrogens with zero attached hydrogens (tertiary/aromatic N) is 5. The minimum absolute atomic E-state index is 0.0199. The average molecular weight is 954 g/mol. The third-order valence-corrected chi connectivity index (χ3v) is 14.9. The van der Waals surface area contributed by atoms with Gasteiger partial charge in [-0.05, 0) is 181 Å². The zero-order chi connectivity index (χ0) is 51.2. The molecule has 364 valence electrons. The van der Waals surface area contributed by atoms with Crippen LogP contribution in [0.4, 0.5) is 17.1 Å². The minimum atomic E-state index is -0.0199. The molecule has 0 saturated carbocycles. The van der Waals surface area contributed by atoms with E-state index >= 15 is 0 Å². The Bertz CT molecular complexity index is 3450. The summed E-state index contributed by atoms with van der Waals surface area (Å²) in [6.45, 7) is 27.7. The van der Waals surface area contributed by atoms with E-state index in [1.54, 1.807) is 0 Å². The first-order valence-electron chi connectivity index (χ1n) is 25.9. The highest BCUT2D eigenvalue weighted by molar-refractivity contribution is 6.11. The van der Waals surface area contributed by atoms with E-state index < -0.39 is 0 Å². The average Bonchev–Trinajstić information content (AvgIpc) is 3.88. The van der Waals surface area contributed by atoms with Gasteiger partial charge in [0.25, 0.3) is 0 Å². The van der Waals surface area contributed by atoms with Gasteiger partial charge in [0.1, 0.15) is 0 Å². The molecule has 0 amide bonds. The molecule has 0 unspecified atom stereocenters. The van der Waals surface area contributed by atoms with Crippen molar-refractivity contribution in [3.05, 3.63) is 211 Å². The molecule has 0 N–H and O–H groups in total. The maximum Gasteiger partial charge on any atom is 0.0541 e. The molecule has 0 aliphatic rings. The number of anilines is 3. The van der Waals surface area contributed by atoms with Crippen molar-refractivity contribution in [2.45, 2.75) is 105 Å². The molecule has 5 nitrogen and oxygen atoms in total. The molecule has 7 aromatic carbocycles. The van der Waals surface area contributed by atoms with Crippen molar-refractivity contribution in [1.82, 2.24) is 19.1 Å². The SMILES string of the molecule is CC(C)(C)c1ccc2c(c1)c1cc(C(C)(C)C)ccc1n2-c1cc(N(c2ccc(-c3ccncc3)cc2)c2ccc(-c3ccncc3)cc2)cc(-n2c3ccc(C(C)(C)C)cc3c3cc(C(C)(C)C)ccc32)c1. The van der Waals surface area contributed by atoms with E-state index in [-0.39, 0.29) is 21.7 Å². The normalized spacial score (nSPS) is 12.7. The molecule has 0 saturated heterocycles. The van der Waals surface area contributed by atoms with Gasteiger partial charge >= 0.3 is 0 Å². The summed E-state index contributed by atoms with van der Waals surface area (Å²) in [4.78, 5) is 11.0. The van der Waals surface area contributed by atoms with Gasteiger partial charge in [-0.15, -0.1) is 0 Å². The van der Waals surface area contributed by atoms with Crippen molar-refractivity contribution in [3.63, 3.8) is 0 Å². The van der Waals surface area contributed by atoms with Gasteiger partial charge in [0.05, 0.1) is 39.1 Å². The highest BCUT2D eigenvalue weighted by Gasteiger charge is 2.26. The largest absolute Gasteiger partial charge is 0.310 e. The van der Waals surface area contributed by atoms with Crippen LogP contribution in [0.5, 0.6) is 0 Å². The van der Waals surface area contributed by atoms with Gasteiger partial charge in [-0.1, -0.05) is 132 Å². The molecule has 0 aliphatic heterocycles. The van der Waals surface area contributed by atoms with Crippen molar-refractivity contribution in [1.29, 1.82) is 0 Å². The number of hydrogen-bond donors (Lipinski definition) is 0. The molecule has 0 spiro atoms. The maximum atomic E-state index is 4.30. The molecule has 0 atom stereocenters. The molecular weight excluding hydrogens is 887 g/mol. The molecule has 4 heterocycles. The Morgan fingerprint density at radius 3 is 0.836 bits per heavy atom. The van der Waals surface area contributed by atoms with Crippen LogP contribution in [0.15, 0.2) is 189 Å². The smallest absolute Gasteiger partial charge is 0.0541 e. The third-order valence-electron chi connectivity index (χ3n) is 14.9. The van der Waals surface area contributed by atoms with Crippen LogP contribution in [0.1, 0.15) is 105 Å². The summed E-state index contributed by atoms with van der Waals surface area (Å²) >= 11 is 0. The van der Waals surface area contributed by atoms with E-state index in [2.05, 4.69) is 271 Å². The fraction of sp³-hybridized carbons (Fsp3) is 0.235. The molecule has 0 fully saturated rings. The Kier molecular flexibility index (Phi) is 11.4. The van der Waals surface area contributed by atoms with E-state index in [1.807, 2.05) is 24.8 Å². The number of pyridine rings is 2. The summed E-state index contributed by atoms with van der Waals surface area (Å²) in [6, 6.07) is 62.0. The standard InChI is InChI=1S/C68H67N5/c1-65(2,3)48-17-25-61-57(37-48)58-38-49(66(4,5)6)18-26-62(58)72(61)55-41-54(42-56(43-55)73-63-27-19-50(67(7,8)9)39-59(63)60-40-51(68(10,11)12)20-28-64(60)73)71(52-21-13-44(14-22-52)46-29-33-69-34-30-46)53-23-15-45(16-24-53)47-31-35-70-36-32-47/h13-43H,1-12H3. The molecule has 11 rings (SSSR count). The van der Waals surface area contributed by atoms with Crippen molar-refractivity contribution >= 4 is 60.7 Å². The first-order chi connectivity index (χ1) is 34.7. The monoisotopic (exact) mass is 954 g/mol. The second-order valence-electron chi connectivity index (χ2n) is 24.2. The van der Waals surface area contributed by atoms with Gasteiger partial charge in [-0.25, -0.2) is 0 Å². The lowest BCUT2D eigenvalue weighted by Gasteiger charge is -2.28. The quantitative estimate of drug-likeness (QED) is 0.160. The number of benzene rings is 7. The number of aromatic nitrogens is 4. The highest BCUT2D eigenvalue weighted by Crippen LogP contribution is 2.45. The fourth-order valence-corrected chi connectivity index (χ4v) is 10.6. The summed E-state index contributed by atoms with van der Waals surface area (Å²) in [5.41, 5.74) is 19.8. The Morgan fingerprint density at radius 1 is 0.288 bits per heavy atom. The molecule has 0 radical (unpaired) electrons. The van der Waals surface area contributed by atoms with Gasteiger partial charge in [-0.3, -0.25) is 9.97 Å². The van der Waals surface area contributed by atoms with Crippen molar-refractivity contribution < 1.29 is 0 Å². The van der Waals surface area contributed by atoms with Crippen molar-refractivity contribution in [2.24, 2.45) is 0 Å². The van der Waals surface area contributed by atoms with E-state index in [9.17, 15) is 0 Å². The van der Waals surface area contributed by atoms with Crippen LogP contribution in [0, 0.1) is 0 Å². The minimum Gasteiger partial charge on any atom is -0.310 e. The van der Waals surface area contributed by atoms with E-state index in [0.29, 0.717) is 0 Å². The maximum absolute atomic E-state index is 4.30. The third kappa shape index (κ3) is 8.79. The Morgan fingerprint density at radius 2 is 0.562 bits per heavy atom. The topological polar surface area (TPSA) is 38.9 Å². The predicted molar refractivity (Wildman–Crippen MR) is 311 cm³/mol. The van der Waals surface area contributed by atoms with Crippen LogP contribution < -0.4 is 4.90 Å². The van der Waals surface area contributed by atoms with E-state index in [1.165, 1.54) is 65.9 Å². The second-order valence-corrected chi connectivity index (χ2v) is 24.2. The molecule has 5 heteroatoms. The predicted octanol–water partition coefficient (Wildman–Crippen LogP) is 18.7. The lowest BCUT2D eigenvalue weighted by Crippen LogP contribution is -2.12. The Hall–Kier alpha value is -7.76. The van der Waals surface area contributed by atoms with Crippen LogP contribution in [0.2, 0.25) is 0 Å². The number of hydrogen-bond acceptors (Lipinski definition) is 3. The molecule has 0 aliphatic carbocycles. The van der Waals surface area contributed by atoms with Crippen LogP contribution in [0.3, 0.4) is 0 Å². The van der Waals surface area contributed by atoms with Gasteiger partial charge in [-0.2, -0.15) is 0 Å². The molecule has 4 aromatic heterocycles. The van der Waals surface area contributed by atoms with E-state index in [4.69, 9.17) is 0 Å². The van der Waals surface area contributed by atoms with Crippen LogP contribution in [-0.4, -0.2) is 19.1 Å². The lowest BCUT2D eigenvalue weighted by molar-refractivity contribution is 0.590. The first kappa shape index (κ1) is 47.6. The summed E-state index contributed by atoms with van der Waals surface area (Å²) in [5, 5.41) is 5.04. The van der Waals surface area contributed by atoms with Crippen LogP contribution >= 0.6 is 0 Å². The van der Waals surface area contributed by atoms with Gasteiger partial charge in [0.2, 0.25) is 0 Å². The second kappa shape index (κ2) is 17.5. The zero-order valence-electron chi connectivity index (χ0n) is 44.6. The molecule has 0 bridgehead atoms. The Labute approximate surface area is 431 Å². The first-order valence-corrected chi connectivity index (χ1v) is 25.9. The van der Waals surface area contributed by atoms with Crippen LogP contribution in [0.25, 0.3) is 77.2 Å². The summed E-state index contributed by atoms with van der Waals surface area (Å²) in [5.74, 6) is 0. The molecule has 11 aromatic rings. The summed E-state index contributed by atoms with van der Waals surface area (Å²) in [7, 11) is 0. The lowest BCUT2D eigenvalue weighted by atomic mass is 9.85. The summed E-state index contributed by atoms with van der Waals surface area (Å²) < 4.78 is 5.02. The summed E-state index contributed by atoms with van der Waals surface area (Å²) in [6.07, 6.45) is 7.44. The zero-order valence-corrected chi connectivity index (χ0v) is 44.6. The van der Waals surface area contributed by atoms with Gasteiger partial charge in [0, 0.05) is 57.7 Å². The van der Waals surface area contributed by atoms with Crippen LogP contribution in [-0.2, 0) is 21.7 Å². The Balaban J connectivity index is 1.24. The van der Waals surface area contributed by atoms with E-state index in [0.717, 1.165) is 50.7 Å². The van der Waals surface area contributed by atoms with Crippen molar-refractivity contribution in [3.8, 4) is 33.6 Å². The molecular formula is C68H67N5. The highest BCUT2D eigenvalue weighted by atomic mass is 15.1. The fourth-order valence-electron chi connectivity index (χ4n) is 10.6.